The second-order valence-electron chi connectivity index (χ2n) is 6.26. The van der Waals surface area contributed by atoms with Crippen LogP contribution in [-0.4, -0.2) is 39.9 Å². The Morgan fingerprint density at radius 3 is 2.94 bits per heavy atom. The van der Waals surface area contributed by atoms with Crippen molar-refractivity contribution >= 4 is 0 Å². The minimum absolute atomic E-state index is 0.308. The number of aromatic nitrogens is 2. The van der Waals surface area contributed by atoms with Crippen LogP contribution in [0.25, 0.3) is 0 Å². The molecule has 3 heterocycles. The number of nitrogens with one attached hydrogen (secondary N) is 1. The fourth-order valence-electron chi connectivity index (χ4n) is 3.65. The Balaban J connectivity index is 1.73. The van der Waals surface area contributed by atoms with Crippen molar-refractivity contribution in [1.82, 2.24) is 20.0 Å². The van der Waals surface area contributed by atoms with E-state index in [9.17, 15) is 0 Å². The van der Waals surface area contributed by atoms with Gasteiger partial charge >= 0.3 is 0 Å². The van der Waals surface area contributed by atoms with Crippen LogP contribution in [0.15, 0.2) is 12.4 Å². The number of rotatable bonds is 3. The minimum Gasteiger partial charge on any atom is -0.316 e. The summed E-state index contributed by atoms with van der Waals surface area (Å²) in [5, 5.41) is 7.91. The van der Waals surface area contributed by atoms with E-state index in [0.29, 0.717) is 5.54 Å². The van der Waals surface area contributed by atoms with Crippen molar-refractivity contribution in [1.29, 1.82) is 0 Å². The zero-order valence-electron chi connectivity index (χ0n) is 11.7. The highest BCUT2D eigenvalue weighted by molar-refractivity contribution is 5.10. The van der Waals surface area contributed by atoms with E-state index in [2.05, 4.69) is 42.3 Å². The Bertz CT molecular complexity index is 423. The molecule has 100 valence electrons. The average molecular weight is 248 g/mol. The molecule has 2 fully saturated rings. The van der Waals surface area contributed by atoms with Gasteiger partial charge in [-0.1, -0.05) is 0 Å². The fraction of sp³-hybridized carbons (Fsp3) is 0.786. The van der Waals surface area contributed by atoms with Gasteiger partial charge in [-0.15, -0.1) is 0 Å². The van der Waals surface area contributed by atoms with Gasteiger partial charge < -0.3 is 5.32 Å². The first-order chi connectivity index (χ1) is 8.61. The first-order valence-electron chi connectivity index (χ1n) is 7.08. The number of likely N-dealkylation sites (tertiary alicyclic amines) is 1. The van der Waals surface area contributed by atoms with Crippen molar-refractivity contribution in [2.45, 2.75) is 39.4 Å². The number of aryl methyl sites for hydroxylation is 1. The Hall–Kier alpha value is -0.870. The summed E-state index contributed by atoms with van der Waals surface area (Å²) in [6.07, 6.45) is 4.20. The van der Waals surface area contributed by atoms with Gasteiger partial charge in [0.2, 0.25) is 0 Å². The normalized spacial score (nSPS) is 30.8. The highest BCUT2D eigenvalue weighted by Gasteiger charge is 2.49. The molecule has 0 aromatic carbocycles. The molecule has 0 saturated carbocycles. The number of nitrogens with zero attached hydrogens (tertiary/aromatic N) is 3. The molecule has 3 rings (SSSR count). The molecule has 4 heteroatoms. The molecule has 1 aromatic heterocycles. The number of hydrogen-bond acceptors (Lipinski definition) is 3. The van der Waals surface area contributed by atoms with Crippen molar-refractivity contribution in [2.75, 3.05) is 19.6 Å². The predicted molar refractivity (Wildman–Crippen MR) is 72.2 cm³/mol. The summed E-state index contributed by atoms with van der Waals surface area (Å²) in [6, 6.07) is 0. The molecule has 1 N–H and O–H groups in total. The highest BCUT2D eigenvalue weighted by atomic mass is 15.3. The van der Waals surface area contributed by atoms with Gasteiger partial charge in [-0.25, -0.2) is 0 Å². The maximum absolute atomic E-state index is 4.37. The van der Waals surface area contributed by atoms with E-state index in [1.165, 1.54) is 25.2 Å². The Labute approximate surface area is 109 Å². The highest BCUT2D eigenvalue weighted by Crippen LogP contribution is 2.41. The summed E-state index contributed by atoms with van der Waals surface area (Å²) < 4.78 is 2.01. The lowest BCUT2D eigenvalue weighted by molar-refractivity contribution is 0.132. The van der Waals surface area contributed by atoms with Crippen molar-refractivity contribution in [3.63, 3.8) is 0 Å². The van der Waals surface area contributed by atoms with Crippen LogP contribution < -0.4 is 5.32 Å². The monoisotopic (exact) mass is 248 g/mol. The van der Waals surface area contributed by atoms with Crippen LogP contribution >= 0.6 is 0 Å². The fourth-order valence-corrected chi connectivity index (χ4v) is 3.65. The topological polar surface area (TPSA) is 33.1 Å². The van der Waals surface area contributed by atoms with E-state index in [1.54, 1.807) is 0 Å². The van der Waals surface area contributed by atoms with Crippen LogP contribution in [0.2, 0.25) is 0 Å². The maximum Gasteiger partial charge on any atom is 0.0534 e. The molecule has 4 nitrogen and oxygen atoms in total. The number of fused-ring (bicyclic) bond motifs is 1. The molecule has 2 aliphatic rings. The lowest BCUT2D eigenvalue weighted by atomic mass is 9.85. The molecule has 2 atom stereocenters. The molecule has 1 aromatic rings. The van der Waals surface area contributed by atoms with Gasteiger partial charge in [0.1, 0.15) is 0 Å². The Kier molecular flexibility index (Phi) is 2.94. The maximum atomic E-state index is 4.37. The SMILES string of the molecule is CCn1cc(CN2CC3CNCC3C2(C)C)cn1. The average Bonchev–Trinajstić information content (AvgIpc) is 3.00. The van der Waals surface area contributed by atoms with E-state index in [0.717, 1.165) is 24.9 Å². The molecule has 0 aliphatic carbocycles. The molecule has 0 radical (unpaired) electrons. The van der Waals surface area contributed by atoms with Gasteiger partial charge in [0, 0.05) is 43.5 Å². The molecule has 0 bridgehead atoms. The van der Waals surface area contributed by atoms with Crippen molar-refractivity contribution in [3.05, 3.63) is 18.0 Å². The third-order valence-electron chi connectivity index (χ3n) is 4.90. The van der Waals surface area contributed by atoms with Gasteiger partial charge in [-0.2, -0.15) is 5.10 Å². The van der Waals surface area contributed by atoms with Crippen LogP contribution in [0.3, 0.4) is 0 Å². The van der Waals surface area contributed by atoms with Crippen molar-refractivity contribution in [3.8, 4) is 0 Å². The third-order valence-corrected chi connectivity index (χ3v) is 4.90. The molecule has 18 heavy (non-hydrogen) atoms. The van der Waals surface area contributed by atoms with E-state index >= 15 is 0 Å². The minimum atomic E-state index is 0.308. The smallest absolute Gasteiger partial charge is 0.0534 e. The molecule has 2 saturated heterocycles. The molecule has 2 unspecified atom stereocenters. The zero-order chi connectivity index (χ0) is 12.8. The summed E-state index contributed by atoms with van der Waals surface area (Å²) in [6.45, 7) is 12.5. The van der Waals surface area contributed by atoms with Crippen LogP contribution in [0.4, 0.5) is 0 Å². The molecule has 0 spiro atoms. The van der Waals surface area contributed by atoms with E-state index in [-0.39, 0.29) is 0 Å². The molecule has 2 aliphatic heterocycles. The van der Waals surface area contributed by atoms with Gasteiger partial charge in [0.05, 0.1) is 6.20 Å². The largest absolute Gasteiger partial charge is 0.316 e. The zero-order valence-corrected chi connectivity index (χ0v) is 11.7. The quantitative estimate of drug-likeness (QED) is 0.876. The molecule has 0 amide bonds. The van der Waals surface area contributed by atoms with Gasteiger partial charge in [-0.05, 0) is 39.2 Å². The standard InChI is InChI=1S/C14H24N4/c1-4-18-9-11(5-16-18)8-17-10-12-6-15-7-13(12)14(17,2)3/h5,9,12-13,15H,4,6-8,10H2,1-3H3. The van der Waals surface area contributed by atoms with E-state index < -0.39 is 0 Å². The lowest BCUT2D eigenvalue weighted by Crippen LogP contribution is -2.43. The van der Waals surface area contributed by atoms with Crippen LogP contribution in [0, 0.1) is 11.8 Å². The second-order valence-corrected chi connectivity index (χ2v) is 6.26. The second kappa shape index (κ2) is 4.35. The van der Waals surface area contributed by atoms with E-state index in [1.807, 2.05) is 10.9 Å². The summed E-state index contributed by atoms with van der Waals surface area (Å²) in [5.74, 6) is 1.64. The first-order valence-corrected chi connectivity index (χ1v) is 7.08. The Morgan fingerprint density at radius 1 is 1.44 bits per heavy atom. The van der Waals surface area contributed by atoms with Gasteiger partial charge in [0.15, 0.2) is 0 Å². The summed E-state index contributed by atoms with van der Waals surface area (Å²) >= 11 is 0. The number of hydrogen-bond donors (Lipinski definition) is 1. The molecular formula is C14H24N4. The summed E-state index contributed by atoms with van der Waals surface area (Å²) in [7, 11) is 0. The van der Waals surface area contributed by atoms with Crippen molar-refractivity contribution in [2.24, 2.45) is 11.8 Å². The Morgan fingerprint density at radius 2 is 2.28 bits per heavy atom. The lowest BCUT2D eigenvalue weighted by Gasteiger charge is -2.35. The van der Waals surface area contributed by atoms with Crippen LogP contribution in [0.5, 0.6) is 0 Å². The van der Waals surface area contributed by atoms with Crippen LogP contribution in [-0.2, 0) is 13.1 Å². The van der Waals surface area contributed by atoms with Crippen molar-refractivity contribution < 1.29 is 0 Å². The third kappa shape index (κ3) is 1.88. The van der Waals surface area contributed by atoms with E-state index in [4.69, 9.17) is 0 Å². The first kappa shape index (κ1) is 12.2. The summed E-state index contributed by atoms with van der Waals surface area (Å²) in [5.41, 5.74) is 1.65. The van der Waals surface area contributed by atoms with Gasteiger partial charge in [0.25, 0.3) is 0 Å². The molecular weight excluding hydrogens is 224 g/mol. The van der Waals surface area contributed by atoms with Crippen LogP contribution in [0.1, 0.15) is 26.3 Å². The summed E-state index contributed by atoms with van der Waals surface area (Å²) in [4.78, 5) is 2.64. The predicted octanol–water partition coefficient (Wildman–Crippen LogP) is 1.33. The van der Waals surface area contributed by atoms with Gasteiger partial charge in [-0.3, -0.25) is 9.58 Å².